The number of carbonyl (C=O) groups is 1. The lowest BCUT2D eigenvalue weighted by Gasteiger charge is -2.17. The van der Waals surface area contributed by atoms with Crippen LogP contribution in [0.2, 0.25) is 0 Å². The Morgan fingerprint density at radius 3 is 2.45 bits per heavy atom. The van der Waals surface area contributed by atoms with Crippen LogP contribution in [-0.4, -0.2) is 20.7 Å². The predicted molar refractivity (Wildman–Crippen MR) is 127 cm³/mol. The van der Waals surface area contributed by atoms with Crippen molar-refractivity contribution in [2.75, 3.05) is 5.32 Å². The maximum Gasteiger partial charge on any atom is 0.266 e. The summed E-state index contributed by atoms with van der Waals surface area (Å²) in [6, 6.07) is 22.5. The van der Waals surface area contributed by atoms with Gasteiger partial charge in [0, 0.05) is 5.69 Å². The van der Waals surface area contributed by atoms with Crippen molar-refractivity contribution < 1.29 is 4.79 Å². The van der Waals surface area contributed by atoms with E-state index < -0.39 is 5.25 Å². The average Bonchev–Trinajstić information content (AvgIpc) is 2.77. The lowest BCUT2D eigenvalue weighted by Crippen LogP contribution is -2.26. The number of benzene rings is 3. The fourth-order valence-electron chi connectivity index (χ4n) is 3.33. The largest absolute Gasteiger partial charge is 0.325 e. The first-order valence-electron chi connectivity index (χ1n) is 10.1. The fourth-order valence-corrected chi connectivity index (χ4v) is 4.26. The average molecular weight is 430 g/mol. The zero-order valence-electron chi connectivity index (χ0n) is 17.6. The molecular formula is C25H23N3O2S. The topological polar surface area (TPSA) is 64.0 Å². The third kappa shape index (κ3) is 4.25. The fraction of sp³-hybridized carbons (Fsp3) is 0.160. The van der Waals surface area contributed by atoms with E-state index in [4.69, 9.17) is 4.98 Å². The number of carbonyl (C=O) groups excluding carboxylic acids is 1. The minimum absolute atomic E-state index is 0.138. The molecule has 0 bridgehead atoms. The summed E-state index contributed by atoms with van der Waals surface area (Å²) >= 11 is 1.27. The van der Waals surface area contributed by atoms with Crippen molar-refractivity contribution in [2.24, 2.45) is 0 Å². The predicted octanol–water partition coefficient (Wildman–Crippen LogP) is 5.12. The van der Waals surface area contributed by atoms with E-state index in [1.54, 1.807) is 10.6 Å². The summed E-state index contributed by atoms with van der Waals surface area (Å²) < 4.78 is 1.58. The van der Waals surface area contributed by atoms with E-state index in [0.717, 1.165) is 22.5 Å². The monoisotopic (exact) mass is 429 g/mol. The minimum atomic E-state index is -0.456. The van der Waals surface area contributed by atoms with Crippen LogP contribution in [0, 0.1) is 13.8 Å². The van der Waals surface area contributed by atoms with Gasteiger partial charge >= 0.3 is 0 Å². The quantitative estimate of drug-likeness (QED) is 0.353. The van der Waals surface area contributed by atoms with E-state index in [2.05, 4.69) is 5.32 Å². The van der Waals surface area contributed by atoms with Crippen molar-refractivity contribution in [3.05, 3.63) is 94.3 Å². The molecule has 0 saturated carbocycles. The molecule has 4 rings (SSSR count). The van der Waals surface area contributed by atoms with Crippen LogP contribution in [0.4, 0.5) is 5.69 Å². The van der Waals surface area contributed by atoms with Crippen molar-refractivity contribution in [3.8, 4) is 5.69 Å². The minimum Gasteiger partial charge on any atom is -0.325 e. The Morgan fingerprint density at radius 2 is 1.68 bits per heavy atom. The van der Waals surface area contributed by atoms with Gasteiger partial charge in [-0.3, -0.25) is 14.2 Å². The molecule has 1 aromatic heterocycles. The molecule has 0 aliphatic rings. The second-order valence-electron chi connectivity index (χ2n) is 7.38. The summed E-state index contributed by atoms with van der Waals surface area (Å²) in [4.78, 5) is 30.9. The number of rotatable bonds is 5. The highest BCUT2D eigenvalue weighted by Crippen LogP contribution is 2.26. The SMILES string of the molecule is Cc1cccc(NC(=O)C(C)Sc2nc3ccccc3c(=O)n2-c2ccccc2)c1C. The molecule has 6 heteroatoms. The van der Waals surface area contributed by atoms with Crippen LogP contribution in [0.5, 0.6) is 0 Å². The van der Waals surface area contributed by atoms with Crippen molar-refractivity contribution in [1.82, 2.24) is 9.55 Å². The molecule has 0 aliphatic heterocycles. The number of para-hydroxylation sites is 2. The Hall–Kier alpha value is -3.38. The molecule has 0 spiro atoms. The Morgan fingerprint density at radius 1 is 0.968 bits per heavy atom. The molecule has 0 fully saturated rings. The zero-order chi connectivity index (χ0) is 22.0. The standard InChI is InChI=1S/C25H23N3O2S/c1-16-10-9-15-21(17(16)2)26-23(29)18(3)31-25-27-22-14-8-7-13-20(22)24(30)28(25)19-11-5-4-6-12-19/h4-15,18H,1-3H3,(H,26,29). The van der Waals surface area contributed by atoms with Crippen LogP contribution < -0.4 is 10.9 Å². The van der Waals surface area contributed by atoms with Gasteiger partial charge in [-0.2, -0.15) is 0 Å². The number of thioether (sulfide) groups is 1. The Bertz CT molecular complexity index is 1320. The van der Waals surface area contributed by atoms with E-state index in [-0.39, 0.29) is 11.5 Å². The molecule has 156 valence electrons. The molecule has 1 unspecified atom stereocenters. The van der Waals surface area contributed by atoms with Gasteiger partial charge in [0.2, 0.25) is 5.91 Å². The number of aryl methyl sites for hydroxylation is 1. The third-order valence-corrected chi connectivity index (χ3v) is 6.33. The van der Waals surface area contributed by atoms with Gasteiger partial charge in [-0.25, -0.2) is 4.98 Å². The molecule has 5 nitrogen and oxygen atoms in total. The van der Waals surface area contributed by atoms with Gasteiger partial charge < -0.3 is 5.32 Å². The molecule has 1 heterocycles. The van der Waals surface area contributed by atoms with Crippen LogP contribution in [0.1, 0.15) is 18.1 Å². The molecule has 1 amide bonds. The van der Waals surface area contributed by atoms with Gasteiger partial charge in [0.25, 0.3) is 5.56 Å². The van der Waals surface area contributed by atoms with Crippen molar-refractivity contribution in [3.63, 3.8) is 0 Å². The molecule has 0 aliphatic carbocycles. The van der Waals surface area contributed by atoms with Crippen LogP contribution in [0.15, 0.2) is 82.7 Å². The normalized spacial score (nSPS) is 12.0. The smallest absolute Gasteiger partial charge is 0.266 e. The first kappa shape index (κ1) is 20.9. The molecule has 0 radical (unpaired) electrons. The molecule has 31 heavy (non-hydrogen) atoms. The summed E-state index contributed by atoms with van der Waals surface area (Å²) in [5.41, 5.74) is 4.14. The lowest BCUT2D eigenvalue weighted by molar-refractivity contribution is -0.115. The number of nitrogens with one attached hydrogen (secondary N) is 1. The highest BCUT2D eigenvalue weighted by Gasteiger charge is 2.21. The van der Waals surface area contributed by atoms with E-state index in [1.165, 1.54) is 11.8 Å². The molecule has 0 saturated heterocycles. The molecule has 1 N–H and O–H groups in total. The van der Waals surface area contributed by atoms with Crippen LogP contribution in [-0.2, 0) is 4.79 Å². The van der Waals surface area contributed by atoms with Crippen molar-refractivity contribution >= 4 is 34.3 Å². The van der Waals surface area contributed by atoms with Crippen molar-refractivity contribution in [2.45, 2.75) is 31.2 Å². The van der Waals surface area contributed by atoms with Crippen LogP contribution in [0.3, 0.4) is 0 Å². The second-order valence-corrected chi connectivity index (χ2v) is 8.69. The number of fused-ring (bicyclic) bond motifs is 1. The third-order valence-electron chi connectivity index (χ3n) is 5.27. The van der Waals surface area contributed by atoms with Gasteiger partial charge in [0.1, 0.15) is 0 Å². The highest BCUT2D eigenvalue weighted by atomic mass is 32.2. The van der Waals surface area contributed by atoms with Crippen molar-refractivity contribution in [1.29, 1.82) is 0 Å². The summed E-state index contributed by atoms with van der Waals surface area (Å²) in [5.74, 6) is -0.138. The zero-order valence-corrected chi connectivity index (χ0v) is 18.4. The number of hydrogen-bond donors (Lipinski definition) is 1. The lowest BCUT2D eigenvalue weighted by atomic mass is 10.1. The Labute approximate surface area is 185 Å². The van der Waals surface area contributed by atoms with E-state index in [9.17, 15) is 9.59 Å². The van der Waals surface area contributed by atoms with E-state index in [0.29, 0.717) is 16.1 Å². The first-order valence-corrected chi connectivity index (χ1v) is 10.9. The van der Waals surface area contributed by atoms with Gasteiger partial charge in [0.05, 0.1) is 21.8 Å². The number of anilines is 1. The van der Waals surface area contributed by atoms with Gasteiger partial charge in [0.15, 0.2) is 5.16 Å². The molecule has 3 aromatic carbocycles. The number of amides is 1. The molecule has 1 atom stereocenters. The Kier molecular flexibility index (Phi) is 5.91. The first-order chi connectivity index (χ1) is 15.0. The summed E-state index contributed by atoms with van der Waals surface area (Å²) in [6.45, 7) is 5.82. The van der Waals surface area contributed by atoms with E-state index in [1.807, 2.05) is 87.5 Å². The number of nitrogens with zero attached hydrogens (tertiary/aromatic N) is 2. The summed E-state index contributed by atoms with van der Waals surface area (Å²) in [5, 5.41) is 3.58. The van der Waals surface area contributed by atoms with Crippen LogP contribution in [0.25, 0.3) is 16.6 Å². The van der Waals surface area contributed by atoms with Gasteiger partial charge in [-0.15, -0.1) is 0 Å². The molecule has 4 aromatic rings. The van der Waals surface area contributed by atoms with E-state index >= 15 is 0 Å². The maximum atomic E-state index is 13.3. The maximum absolute atomic E-state index is 13.3. The highest BCUT2D eigenvalue weighted by molar-refractivity contribution is 8.00. The van der Waals surface area contributed by atoms with Gasteiger partial charge in [-0.1, -0.05) is 54.2 Å². The summed E-state index contributed by atoms with van der Waals surface area (Å²) in [6.07, 6.45) is 0. The number of hydrogen-bond acceptors (Lipinski definition) is 4. The molecular weight excluding hydrogens is 406 g/mol. The summed E-state index contributed by atoms with van der Waals surface area (Å²) in [7, 11) is 0. The second kappa shape index (κ2) is 8.78. The van der Waals surface area contributed by atoms with Gasteiger partial charge in [-0.05, 0) is 62.2 Å². The van der Waals surface area contributed by atoms with Crippen LogP contribution >= 0.6 is 11.8 Å². The Balaban J connectivity index is 1.71. The number of aromatic nitrogens is 2.